The van der Waals surface area contributed by atoms with Gasteiger partial charge in [-0.25, -0.2) is 0 Å². The van der Waals surface area contributed by atoms with Crippen molar-refractivity contribution >= 4 is 11.8 Å². The molecule has 1 heterocycles. The van der Waals surface area contributed by atoms with Gasteiger partial charge >= 0.3 is 0 Å². The van der Waals surface area contributed by atoms with Crippen molar-refractivity contribution in [1.82, 2.24) is 10.2 Å². The molecule has 0 saturated carbocycles. The van der Waals surface area contributed by atoms with Crippen molar-refractivity contribution in [2.45, 2.75) is 45.2 Å². The Bertz CT molecular complexity index is 289. The van der Waals surface area contributed by atoms with Gasteiger partial charge in [-0.3, -0.25) is 9.59 Å². The molecular formula is C11H21N3O2. The van der Waals surface area contributed by atoms with Gasteiger partial charge in [0.05, 0.1) is 5.54 Å². The standard InChI is InChI=1S/C11H21N3O2/c1-4-11(3,12)10(16)14-6-5-9(7-14)13-8(2)15/h9H,4-7,12H2,1-3H3,(H,13,15). The van der Waals surface area contributed by atoms with Crippen LogP contribution in [0.1, 0.15) is 33.6 Å². The van der Waals surface area contributed by atoms with Gasteiger partial charge in [-0.2, -0.15) is 0 Å². The first-order chi connectivity index (χ1) is 7.36. The zero-order valence-electron chi connectivity index (χ0n) is 10.2. The van der Waals surface area contributed by atoms with E-state index in [4.69, 9.17) is 5.73 Å². The van der Waals surface area contributed by atoms with E-state index < -0.39 is 5.54 Å². The topological polar surface area (TPSA) is 75.4 Å². The van der Waals surface area contributed by atoms with E-state index in [1.807, 2.05) is 6.92 Å². The summed E-state index contributed by atoms with van der Waals surface area (Å²) in [5, 5.41) is 2.82. The molecule has 0 aliphatic carbocycles. The van der Waals surface area contributed by atoms with Crippen molar-refractivity contribution in [1.29, 1.82) is 0 Å². The zero-order chi connectivity index (χ0) is 12.3. The minimum Gasteiger partial charge on any atom is -0.352 e. The normalized spacial score (nSPS) is 24.0. The molecule has 1 aliphatic heterocycles. The van der Waals surface area contributed by atoms with Crippen molar-refractivity contribution < 1.29 is 9.59 Å². The van der Waals surface area contributed by atoms with Crippen LogP contribution in [-0.2, 0) is 9.59 Å². The molecule has 0 aromatic rings. The second kappa shape index (κ2) is 4.82. The van der Waals surface area contributed by atoms with Gasteiger partial charge in [0.1, 0.15) is 0 Å². The molecule has 5 nitrogen and oxygen atoms in total. The minimum atomic E-state index is -0.787. The number of rotatable bonds is 3. The van der Waals surface area contributed by atoms with E-state index >= 15 is 0 Å². The van der Waals surface area contributed by atoms with Crippen molar-refractivity contribution in [3.05, 3.63) is 0 Å². The number of nitrogens with two attached hydrogens (primary N) is 1. The third-order valence-corrected chi connectivity index (χ3v) is 3.11. The highest BCUT2D eigenvalue weighted by Crippen LogP contribution is 2.16. The van der Waals surface area contributed by atoms with Crippen molar-refractivity contribution in [3.8, 4) is 0 Å². The molecule has 2 unspecified atom stereocenters. The molecular weight excluding hydrogens is 206 g/mol. The third-order valence-electron chi connectivity index (χ3n) is 3.11. The Labute approximate surface area is 96.4 Å². The number of likely N-dealkylation sites (tertiary alicyclic amines) is 1. The quantitative estimate of drug-likeness (QED) is 0.704. The molecule has 1 saturated heterocycles. The van der Waals surface area contributed by atoms with Crippen LogP contribution in [0.2, 0.25) is 0 Å². The lowest BCUT2D eigenvalue weighted by Gasteiger charge is -2.28. The van der Waals surface area contributed by atoms with Gasteiger partial charge in [0.2, 0.25) is 11.8 Å². The smallest absolute Gasteiger partial charge is 0.242 e. The van der Waals surface area contributed by atoms with E-state index in [9.17, 15) is 9.59 Å². The first-order valence-electron chi connectivity index (χ1n) is 5.72. The van der Waals surface area contributed by atoms with E-state index in [0.29, 0.717) is 19.5 Å². The summed E-state index contributed by atoms with van der Waals surface area (Å²) in [5.74, 6) is -0.0758. The third kappa shape index (κ3) is 2.95. The van der Waals surface area contributed by atoms with E-state index in [0.717, 1.165) is 6.42 Å². The first kappa shape index (κ1) is 13.0. The zero-order valence-corrected chi connectivity index (χ0v) is 10.2. The molecule has 0 spiro atoms. The average Bonchev–Trinajstić information content (AvgIpc) is 2.64. The van der Waals surface area contributed by atoms with Crippen molar-refractivity contribution in [3.63, 3.8) is 0 Å². The SMILES string of the molecule is CCC(C)(N)C(=O)N1CCC(NC(C)=O)C1. The van der Waals surface area contributed by atoms with Crippen LogP contribution in [0, 0.1) is 0 Å². The first-order valence-corrected chi connectivity index (χ1v) is 5.72. The number of carbonyl (C=O) groups excluding carboxylic acids is 2. The predicted molar refractivity (Wildman–Crippen MR) is 61.7 cm³/mol. The molecule has 16 heavy (non-hydrogen) atoms. The van der Waals surface area contributed by atoms with Gasteiger partial charge in [-0.05, 0) is 19.8 Å². The Morgan fingerprint density at radius 3 is 2.69 bits per heavy atom. The molecule has 2 amide bonds. The Hall–Kier alpha value is -1.10. The predicted octanol–water partition coefficient (Wildman–Crippen LogP) is -0.149. The summed E-state index contributed by atoms with van der Waals surface area (Å²) >= 11 is 0. The summed E-state index contributed by atoms with van der Waals surface area (Å²) in [6.07, 6.45) is 1.43. The van der Waals surface area contributed by atoms with Crippen LogP contribution in [0.5, 0.6) is 0 Å². The van der Waals surface area contributed by atoms with Gasteiger partial charge in [0.15, 0.2) is 0 Å². The lowest BCUT2D eigenvalue weighted by molar-refractivity contribution is -0.135. The van der Waals surface area contributed by atoms with E-state index in [-0.39, 0.29) is 17.9 Å². The maximum absolute atomic E-state index is 12.0. The molecule has 5 heteroatoms. The van der Waals surface area contributed by atoms with Gasteiger partial charge in [0.25, 0.3) is 0 Å². The van der Waals surface area contributed by atoms with Crippen LogP contribution in [-0.4, -0.2) is 41.4 Å². The Kier molecular flexibility index (Phi) is 3.91. The fourth-order valence-electron chi connectivity index (χ4n) is 1.86. The summed E-state index contributed by atoms with van der Waals surface area (Å²) in [5.41, 5.74) is 5.12. The summed E-state index contributed by atoms with van der Waals surface area (Å²) in [6, 6.07) is 0.0779. The number of hydrogen-bond donors (Lipinski definition) is 2. The summed E-state index contributed by atoms with van der Waals surface area (Å²) < 4.78 is 0. The highest BCUT2D eigenvalue weighted by atomic mass is 16.2. The second-order valence-corrected chi connectivity index (χ2v) is 4.71. The maximum Gasteiger partial charge on any atom is 0.242 e. The molecule has 2 atom stereocenters. The van der Waals surface area contributed by atoms with E-state index in [2.05, 4.69) is 5.32 Å². The molecule has 1 aliphatic rings. The Balaban J connectivity index is 2.53. The van der Waals surface area contributed by atoms with Crippen LogP contribution < -0.4 is 11.1 Å². The molecule has 3 N–H and O–H groups in total. The molecule has 1 rings (SSSR count). The molecule has 0 radical (unpaired) electrons. The molecule has 92 valence electrons. The maximum atomic E-state index is 12.0. The number of amides is 2. The fraction of sp³-hybridized carbons (Fsp3) is 0.818. The lowest BCUT2D eigenvalue weighted by Crippen LogP contribution is -2.52. The molecule has 0 aromatic carbocycles. The van der Waals surface area contributed by atoms with Gasteiger partial charge < -0.3 is 16.0 Å². The summed E-state index contributed by atoms with van der Waals surface area (Å²) in [4.78, 5) is 24.6. The van der Waals surface area contributed by atoms with E-state index in [1.165, 1.54) is 6.92 Å². The molecule has 0 aromatic heterocycles. The minimum absolute atomic E-state index is 0.0251. The Morgan fingerprint density at radius 2 is 2.19 bits per heavy atom. The summed E-state index contributed by atoms with van der Waals surface area (Å²) in [6.45, 7) is 6.39. The highest BCUT2D eigenvalue weighted by Gasteiger charge is 2.35. The van der Waals surface area contributed by atoms with E-state index in [1.54, 1.807) is 11.8 Å². The number of nitrogens with zero attached hydrogens (tertiary/aromatic N) is 1. The van der Waals surface area contributed by atoms with Crippen LogP contribution in [0.4, 0.5) is 0 Å². The Morgan fingerprint density at radius 1 is 1.56 bits per heavy atom. The lowest BCUT2D eigenvalue weighted by atomic mass is 9.99. The van der Waals surface area contributed by atoms with Gasteiger partial charge in [0, 0.05) is 26.1 Å². The van der Waals surface area contributed by atoms with Gasteiger partial charge in [-0.1, -0.05) is 6.92 Å². The number of nitrogens with one attached hydrogen (secondary N) is 1. The van der Waals surface area contributed by atoms with Crippen LogP contribution in [0.25, 0.3) is 0 Å². The van der Waals surface area contributed by atoms with Crippen LogP contribution in [0.3, 0.4) is 0 Å². The fourth-order valence-corrected chi connectivity index (χ4v) is 1.86. The average molecular weight is 227 g/mol. The number of carbonyl (C=O) groups is 2. The van der Waals surface area contributed by atoms with Crippen LogP contribution >= 0.6 is 0 Å². The molecule has 0 bridgehead atoms. The summed E-state index contributed by atoms with van der Waals surface area (Å²) in [7, 11) is 0. The van der Waals surface area contributed by atoms with Crippen molar-refractivity contribution in [2.24, 2.45) is 5.73 Å². The van der Waals surface area contributed by atoms with Crippen LogP contribution in [0.15, 0.2) is 0 Å². The monoisotopic (exact) mass is 227 g/mol. The largest absolute Gasteiger partial charge is 0.352 e. The highest BCUT2D eigenvalue weighted by molar-refractivity contribution is 5.86. The second-order valence-electron chi connectivity index (χ2n) is 4.71. The van der Waals surface area contributed by atoms with Gasteiger partial charge in [-0.15, -0.1) is 0 Å². The number of hydrogen-bond acceptors (Lipinski definition) is 3. The molecule has 1 fully saturated rings. The van der Waals surface area contributed by atoms with Crippen molar-refractivity contribution in [2.75, 3.05) is 13.1 Å².